The van der Waals surface area contributed by atoms with Gasteiger partial charge in [-0.25, -0.2) is 9.78 Å². The van der Waals surface area contributed by atoms with E-state index in [0.717, 1.165) is 42.5 Å². The lowest BCUT2D eigenvalue weighted by molar-refractivity contribution is -0.129. The predicted octanol–water partition coefficient (Wildman–Crippen LogP) is 3.42. The van der Waals surface area contributed by atoms with E-state index in [9.17, 15) is 14.4 Å². The van der Waals surface area contributed by atoms with Gasteiger partial charge in [0.2, 0.25) is 5.91 Å². The number of nitrogen functional groups attached to an aromatic ring is 1. The molecule has 3 N–H and O–H groups in total. The number of Topliss-reactive ketones (excluding diaryl/α,β-unsaturated/α-hetero) is 1. The van der Waals surface area contributed by atoms with Gasteiger partial charge in [0.1, 0.15) is 5.82 Å². The number of hydrogen-bond donors (Lipinski definition) is 2. The van der Waals surface area contributed by atoms with Gasteiger partial charge in [-0.05, 0) is 81.2 Å². The quantitative estimate of drug-likeness (QED) is 0.565. The molecule has 1 aromatic carbocycles. The molecule has 1 saturated carbocycles. The molecule has 0 radical (unpaired) electrons. The fraction of sp³-hybridized carbons (Fsp3) is 0.462. The molecule has 2 aromatic rings. The maximum atomic E-state index is 12.7. The zero-order valence-electron chi connectivity index (χ0n) is 19.6. The Morgan fingerprint density at radius 2 is 1.88 bits per heavy atom. The number of benzene rings is 1. The highest BCUT2D eigenvalue weighted by atomic mass is 16.5. The molecule has 3 rings (SSSR count). The third kappa shape index (κ3) is 6.63. The topological polar surface area (TPSA) is 111 Å². The number of anilines is 1. The highest BCUT2D eigenvalue weighted by Crippen LogP contribution is 2.33. The summed E-state index contributed by atoms with van der Waals surface area (Å²) in [6, 6.07) is 10.6. The maximum absolute atomic E-state index is 12.7. The van der Waals surface area contributed by atoms with Crippen molar-refractivity contribution in [2.75, 3.05) is 12.8 Å². The molecule has 1 aliphatic carbocycles. The average Bonchev–Trinajstić information content (AvgIpc) is 3.27. The fourth-order valence-electron chi connectivity index (χ4n) is 4.49. The fourth-order valence-corrected chi connectivity index (χ4v) is 4.49. The second-order valence-corrected chi connectivity index (χ2v) is 8.95. The third-order valence-corrected chi connectivity index (χ3v) is 6.51. The molecule has 1 fully saturated rings. The van der Waals surface area contributed by atoms with Crippen LogP contribution >= 0.6 is 0 Å². The average molecular weight is 452 g/mol. The van der Waals surface area contributed by atoms with Crippen molar-refractivity contribution >= 4 is 23.5 Å². The number of nitrogens with two attached hydrogens (primary N) is 1. The SMILES string of the molecule is COC(=O)c1ccc(C[C@@H]2CC[C@@H](C(=O)N[C@@H](C)C(=O)CCc3ccc(N)nc3C)C2)cc1. The van der Waals surface area contributed by atoms with Crippen LogP contribution in [0.3, 0.4) is 0 Å². The molecule has 1 aromatic heterocycles. The van der Waals surface area contributed by atoms with Crippen molar-refractivity contribution < 1.29 is 19.1 Å². The van der Waals surface area contributed by atoms with Crippen molar-refractivity contribution in [1.29, 1.82) is 0 Å². The molecule has 0 spiro atoms. The smallest absolute Gasteiger partial charge is 0.337 e. The van der Waals surface area contributed by atoms with E-state index in [0.29, 0.717) is 30.1 Å². The number of hydrogen-bond acceptors (Lipinski definition) is 6. The molecule has 0 aliphatic heterocycles. The molecule has 1 heterocycles. The first-order valence-corrected chi connectivity index (χ1v) is 11.5. The number of esters is 1. The Morgan fingerprint density at radius 1 is 1.15 bits per heavy atom. The number of methoxy groups -OCH3 is 1. The standard InChI is InChI=1S/C26H33N3O4/c1-16-20(11-13-24(27)28-16)10-12-23(30)17(2)29-25(31)22-9-6-19(15-22)14-18-4-7-21(8-5-18)26(32)33-3/h4-5,7-8,11,13,17,19,22H,6,9-10,12,14-15H2,1-3H3,(H2,27,28)(H,29,31)/t17-,19-,22+/m0/s1. The number of amides is 1. The van der Waals surface area contributed by atoms with Gasteiger partial charge in [-0.3, -0.25) is 9.59 Å². The van der Waals surface area contributed by atoms with Gasteiger partial charge in [0.15, 0.2) is 5.78 Å². The van der Waals surface area contributed by atoms with Crippen LogP contribution in [-0.4, -0.2) is 35.8 Å². The van der Waals surface area contributed by atoms with Gasteiger partial charge in [0, 0.05) is 18.0 Å². The van der Waals surface area contributed by atoms with Crippen molar-refractivity contribution in [3.8, 4) is 0 Å². The number of rotatable bonds is 9. The molecule has 3 atom stereocenters. The van der Waals surface area contributed by atoms with Crippen LogP contribution in [0.1, 0.15) is 59.8 Å². The molecule has 1 amide bonds. The number of carbonyl (C=O) groups is 3. The zero-order chi connectivity index (χ0) is 24.0. The van der Waals surface area contributed by atoms with Crippen molar-refractivity contribution in [2.45, 2.75) is 58.4 Å². The largest absolute Gasteiger partial charge is 0.465 e. The molecule has 7 nitrogen and oxygen atoms in total. The Morgan fingerprint density at radius 3 is 2.55 bits per heavy atom. The van der Waals surface area contributed by atoms with Crippen LogP contribution in [0.25, 0.3) is 0 Å². The lowest BCUT2D eigenvalue weighted by Crippen LogP contribution is -2.41. The van der Waals surface area contributed by atoms with Gasteiger partial charge in [0.25, 0.3) is 0 Å². The van der Waals surface area contributed by atoms with E-state index in [-0.39, 0.29) is 23.6 Å². The predicted molar refractivity (Wildman–Crippen MR) is 127 cm³/mol. The number of aryl methyl sites for hydroxylation is 2. The third-order valence-electron chi connectivity index (χ3n) is 6.51. The highest BCUT2D eigenvalue weighted by Gasteiger charge is 2.31. The van der Waals surface area contributed by atoms with E-state index in [1.54, 1.807) is 25.1 Å². The van der Waals surface area contributed by atoms with Crippen LogP contribution < -0.4 is 11.1 Å². The summed E-state index contributed by atoms with van der Waals surface area (Å²) >= 11 is 0. The first kappa shape index (κ1) is 24.4. The Balaban J connectivity index is 1.44. The molecule has 176 valence electrons. The van der Waals surface area contributed by atoms with Crippen LogP contribution in [0.4, 0.5) is 5.82 Å². The van der Waals surface area contributed by atoms with Crippen molar-refractivity contribution in [3.63, 3.8) is 0 Å². The van der Waals surface area contributed by atoms with Crippen LogP contribution in [0.15, 0.2) is 36.4 Å². The monoisotopic (exact) mass is 451 g/mol. The summed E-state index contributed by atoms with van der Waals surface area (Å²) in [5.41, 5.74) is 9.18. The minimum atomic E-state index is -0.510. The lowest BCUT2D eigenvalue weighted by Gasteiger charge is -2.17. The summed E-state index contributed by atoms with van der Waals surface area (Å²) in [5, 5.41) is 2.92. The number of carbonyl (C=O) groups excluding carboxylic acids is 3. The van der Waals surface area contributed by atoms with Gasteiger partial charge in [-0.1, -0.05) is 18.2 Å². The van der Waals surface area contributed by atoms with Gasteiger partial charge >= 0.3 is 5.97 Å². The summed E-state index contributed by atoms with van der Waals surface area (Å²) in [4.78, 5) is 41.1. The van der Waals surface area contributed by atoms with E-state index >= 15 is 0 Å². The molecular weight excluding hydrogens is 418 g/mol. The molecule has 33 heavy (non-hydrogen) atoms. The number of aromatic nitrogens is 1. The van der Waals surface area contributed by atoms with Gasteiger partial charge in [-0.2, -0.15) is 0 Å². The van der Waals surface area contributed by atoms with Gasteiger partial charge in [-0.15, -0.1) is 0 Å². The summed E-state index contributed by atoms with van der Waals surface area (Å²) in [6.45, 7) is 3.63. The Kier molecular flexibility index (Phi) is 8.20. The molecule has 0 bridgehead atoms. The maximum Gasteiger partial charge on any atom is 0.337 e. The van der Waals surface area contributed by atoms with Crippen LogP contribution in [0.5, 0.6) is 0 Å². The molecule has 1 aliphatic rings. The van der Waals surface area contributed by atoms with Crippen molar-refractivity contribution in [2.24, 2.45) is 11.8 Å². The number of ketones is 1. The summed E-state index contributed by atoms with van der Waals surface area (Å²) in [6.07, 6.45) is 4.41. The summed E-state index contributed by atoms with van der Waals surface area (Å²) in [7, 11) is 1.37. The first-order valence-electron chi connectivity index (χ1n) is 11.5. The normalized spacial score (nSPS) is 18.5. The van der Waals surface area contributed by atoms with E-state index in [1.165, 1.54) is 7.11 Å². The summed E-state index contributed by atoms with van der Waals surface area (Å²) < 4.78 is 4.73. The minimum absolute atomic E-state index is 0.0137. The van der Waals surface area contributed by atoms with Gasteiger partial charge < -0.3 is 15.8 Å². The van der Waals surface area contributed by atoms with E-state index in [1.807, 2.05) is 25.1 Å². The molecule has 0 saturated heterocycles. The van der Waals surface area contributed by atoms with E-state index in [4.69, 9.17) is 10.5 Å². The highest BCUT2D eigenvalue weighted by molar-refractivity contribution is 5.90. The second kappa shape index (κ2) is 11.1. The van der Waals surface area contributed by atoms with Gasteiger partial charge in [0.05, 0.1) is 18.7 Å². The Bertz CT molecular complexity index is 1000. The Hall–Kier alpha value is -3.22. The van der Waals surface area contributed by atoms with E-state index in [2.05, 4.69) is 10.3 Å². The van der Waals surface area contributed by atoms with Crippen LogP contribution in [-0.2, 0) is 27.2 Å². The Labute approximate surface area is 195 Å². The molecule has 7 heteroatoms. The first-order chi connectivity index (χ1) is 15.8. The summed E-state index contributed by atoms with van der Waals surface area (Å²) in [5.74, 6) is 0.448. The zero-order valence-corrected chi connectivity index (χ0v) is 19.6. The van der Waals surface area contributed by atoms with Crippen molar-refractivity contribution in [1.82, 2.24) is 10.3 Å². The number of nitrogens with zero attached hydrogens (tertiary/aromatic N) is 1. The molecular formula is C26H33N3O4. The van der Waals surface area contributed by atoms with E-state index < -0.39 is 6.04 Å². The number of pyridine rings is 1. The number of nitrogens with one attached hydrogen (secondary N) is 1. The lowest BCUT2D eigenvalue weighted by atomic mass is 9.95. The number of ether oxygens (including phenoxy) is 1. The van der Waals surface area contributed by atoms with Crippen molar-refractivity contribution in [3.05, 3.63) is 58.8 Å². The second-order valence-electron chi connectivity index (χ2n) is 8.95. The van der Waals surface area contributed by atoms with Crippen LogP contribution in [0, 0.1) is 18.8 Å². The minimum Gasteiger partial charge on any atom is -0.465 e. The van der Waals surface area contributed by atoms with Crippen LogP contribution in [0.2, 0.25) is 0 Å². The molecule has 0 unspecified atom stereocenters.